The zero-order chi connectivity index (χ0) is 18.0. The van der Waals surface area contributed by atoms with Gasteiger partial charge in [0.15, 0.2) is 10.6 Å². The molecule has 26 heavy (non-hydrogen) atoms. The lowest BCUT2D eigenvalue weighted by Crippen LogP contribution is -2.61. The predicted octanol–water partition coefficient (Wildman–Crippen LogP) is 2.57. The first-order chi connectivity index (χ1) is 12.7. The first kappa shape index (κ1) is 17.2. The highest BCUT2D eigenvalue weighted by Crippen LogP contribution is 2.32. The second-order valence-electron chi connectivity index (χ2n) is 6.66. The number of hydrogen-bond acceptors (Lipinski definition) is 5. The fourth-order valence-electron chi connectivity index (χ4n) is 3.69. The number of benzene rings is 1. The van der Waals surface area contributed by atoms with Crippen molar-refractivity contribution in [1.29, 1.82) is 0 Å². The Hall–Kier alpha value is -2.25. The van der Waals surface area contributed by atoms with Gasteiger partial charge in [-0.05, 0) is 31.4 Å². The molecular formula is C19H21N3O3S. The minimum Gasteiger partial charge on any atom is -0.361 e. The Morgan fingerprint density at radius 2 is 2.04 bits per heavy atom. The van der Waals surface area contributed by atoms with Crippen LogP contribution in [0.5, 0.6) is 0 Å². The van der Waals surface area contributed by atoms with Gasteiger partial charge in [-0.1, -0.05) is 18.2 Å². The molecule has 3 heterocycles. The van der Waals surface area contributed by atoms with Gasteiger partial charge in [0, 0.05) is 30.4 Å². The summed E-state index contributed by atoms with van der Waals surface area (Å²) in [5.74, 6) is -0.163. The number of nitrogens with zero attached hydrogens (tertiary/aromatic N) is 3. The second kappa shape index (κ2) is 7.17. The van der Waals surface area contributed by atoms with E-state index in [1.165, 1.54) is 11.3 Å². The van der Waals surface area contributed by atoms with E-state index < -0.39 is 5.60 Å². The van der Waals surface area contributed by atoms with Crippen molar-refractivity contribution in [3.05, 3.63) is 46.9 Å². The fraction of sp³-hybridized carbons (Fsp3) is 0.421. The van der Waals surface area contributed by atoms with Crippen LogP contribution in [0.3, 0.4) is 0 Å². The molecule has 1 atom stereocenters. The first-order valence-electron chi connectivity index (χ1n) is 8.89. The van der Waals surface area contributed by atoms with Gasteiger partial charge in [-0.25, -0.2) is 4.98 Å². The zero-order valence-electron chi connectivity index (χ0n) is 14.5. The number of morpholine rings is 1. The topological polar surface area (TPSA) is 62.7 Å². The van der Waals surface area contributed by atoms with Crippen LogP contribution in [0.15, 0.2) is 41.9 Å². The molecule has 0 bridgehead atoms. The van der Waals surface area contributed by atoms with Gasteiger partial charge in [-0.15, -0.1) is 11.3 Å². The lowest BCUT2D eigenvalue weighted by molar-refractivity contribution is -0.155. The van der Waals surface area contributed by atoms with E-state index in [1.807, 2.05) is 35.2 Å². The maximum Gasteiger partial charge on any atom is 0.283 e. The van der Waals surface area contributed by atoms with Crippen molar-refractivity contribution in [3.63, 3.8) is 0 Å². The third-order valence-corrected chi connectivity index (χ3v) is 5.76. The number of amides is 2. The molecule has 0 aliphatic carbocycles. The number of rotatable bonds is 2. The molecule has 7 heteroatoms. The van der Waals surface area contributed by atoms with Crippen molar-refractivity contribution in [2.24, 2.45) is 0 Å². The van der Waals surface area contributed by atoms with Crippen LogP contribution in [-0.4, -0.2) is 53.5 Å². The fourth-order valence-corrected chi connectivity index (χ4v) is 4.29. The minimum absolute atomic E-state index is 0.0437. The van der Waals surface area contributed by atoms with Gasteiger partial charge in [-0.3, -0.25) is 9.59 Å². The molecule has 0 N–H and O–H groups in total. The lowest BCUT2D eigenvalue weighted by Gasteiger charge is -2.42. The molecule has 2 aliphatic rings. The van der Waals surface area contributed by atoms with Gasteiger partial charge in [-0.2, -0.15) is 0 Å². The number of para-hydroxylation sites is 1. The summed E-state index contributed by atoms with van der Waals surface area (Å²) < 4.78 is 6.05. The minimum atomic E-state index is -0.961. The van der Waals surface area contributed by atoms with Crippen LogP contribution in [0.4, 0.5) is 5.69 Å². The number of hydrogen-bond donors (Lipinski definition) is 0. The average molecular weight is 371 g/mol. The summed E-state index contributed by atoms with van der Waals surface area (Å²) in [6, 6.07) is 9.68. The van der Waals surface area contributed by atoms with Gasteiger partial charge in [0.05, 0.1) is 13.2 Å². The molecule has 0 saturated carbocycles. The number of aromatic nitrogens is 1. The van der Waals surface area contributed by atoms with Crippen LogP contribution in [-0.2, 0) is 9.53 Å². The molecule has 4 rings (SSSR count). The van der Waals surface area contributed by atoms with E-state index in [0.717, 1.165) is 18.5 Å². The van der Waals surface area contributed by atoms with Crippen molar-refractivity contribution in [3.8, 4) is 0 Å². The summed E-state index contributed by atoms with van der Waals surface area (Å²) in [5, 5.41) is 2.25. The Balaban J connectivity index is 1.61. The van der Waals surface area contributed by atoms with Crippen molar-refractivity contribution in [1.82, 2.24) is 9.88 Å². The number of ether oxygens (including phenoxy) is 1. The standard InChI is InChI=1S/C19H21N3O3S/c23-17(16-20-9-13-26-16)21-11-12-25-19(14-21)8-4-5-10-22(18(19)24)15-6-2-1-3-7-15/h1-3,6-7,9,13H,4-5,8,10-12,14H2. The van der Waals surface area contributed by atoms with E-state index in [-0.39, 0.29) is 18.4 Å². The van der Waals surface area contributed by atoms with Crippen LogP contribution < -0.4 is 4.90 Å². The molecule has 0 radical (unpaired) electrons. The molecule has 2 aliphatic heterocycles. The highest BCUT2D eigenvalue weighted by Gasteiger charge is 2.48. The number of anilines is 1. The quantitative estimate of drug-likeness (QED) is 0.814. The Morgan fingerprint density at radius 1 is 1.19 bits per heavy atom. The molecule has 2 amide bonds. The summed E-state index contributed by atoms with van der Waals surface area (Å²) in [6.07, 6.45) is 4.08. The van der Waals surface area contributed by atoms with E-state index in [1.54, 1.807) is 16.5 Å². The number of carbonyl (C=O) groups excluding carboxylic acids is 2. The third-order valence-electron chi connectivity index (χ3n) is 5.00. The van der Waals surface area contributed by atoms with Crippen molar-refractivity contribution >= 4 is 28.8 Å². The van der Waals surface area contributed by atoms with Crippen molar-refractivity contribution in [2.45, 2.75) is 24.9 Å². The normalized spacial score (nSPS) is 23.9. The molecule has 6 nitrogen and oxygen atoms in total. The molecule has 2 aromatic rings. The Morgan fingerprint density at radius 3 is 2.81 bits per heavy atom. The smallest absolute Gasteiger partial charge is 0.283 e. The highest BCUT2D eigenvalue weighted by atomic mass is 32.1. The molecule has 2 fully saturated rings. The van der Waals surface area contributed by atoms with E-state index >= 15 is 0 Å². The van der Waals surface area contributed by atoms with Gasteiger partial charge in [0.2, 0.25) is 0 Å². The monoisotopic (exact) mass is 371 g/mol. The van der Waals surface area contributed by atoms with Gasteiger partial charge in [0.1, 0.15) is 0 Å². The summed E-state index contributed by atoms with van der Waals surface area (Å²) in [4.78, 5) is 33.8. The Kier molecular flexibility index (Phi) is 4.74. The molecule has 1 aromatic heterocycles. The molecule has 136 valence electrons. The Bertz CT molecular complexity index is 781. The molecule has 1 unspecified atom stereocenters. The summed E-state index contributed by atoms with van der Waals surface area (Å²) in [5.41, 5.74) is -0.0805. The van der Waals surface area contributed by atoms with E-state index in [0.29, 0.717) is 31.1 Å². The van der Waals surface area contributed by atoms with Crippen molar-refractivity contribution < 1.29 is 14.3 Å². The van der Waals surface area contributed by atoms with Crippen LogP contribution in [0.1, 0.15) is 29.1 Å². The van der Waals surface area contributed by atoms with Gasteiger partial charge < -0.3 is 14.5 Å². The molecular weight excluding hydrogens is 350 g/mol. The maximum absolute atomic E-state index is 13.4. The van der Waals surface area contributed by atoms with E-state index in [2.05, 4.69) is 4.98 Å². The second-order valence-corrected chi connectivity index (χ2v) is 7.55. The average Bonchev–Trinajstić information content (AvgIpc) is 3.18. The predicted molar refractivity (Wildman–Crippen MR) is 99.3 cm³/mol. The van der Waals surface area contributed by atoms with Crippen molar-refractivity contribution in [2.75, 3.05) is 31.1 Å². The Labute approximate surface area is 156 Å². The third kappa shape index (κ3) is 3.12. The highest BCUT2D eigenvalue weighted by molar-refractivity contribution is 7.11. The lowest BCUT2D eigenvalue weighted by atomic mass is 9.94. The van der Waals surface area contributed by atoms with Crippen LogP contribution in [0.25, 0.3) is 0 Å². The number of carbonyl (C=O) groups is 2. The van der Waals surface area contributed by atoms with Crippen LogP contribution in [0.2, 0.25) is 0 Å². The maximum atomic E-state index is 13.4. The summed E-state index contributed by atoms with van der Waals surface area (Å²) >= 11 is 1.32. The van der Waals surface area contributed by atoms with Gasteiger partial charge >= 0.3 is 0 Å². The molecule has 1 aromatic carbocycles. The van der Waals surface area contributed by atoms with E-state index in [9.17, 15) is 9.59 Å². The molecule has 1 spiro atoms. The molecule has 2 saturated heterocycles. The number of thiazole rings is 1. The first-order valence-corrected chi connectivity index (χ1v) is 9.77. The van der Waals surface area contributed by atoms with E-state index in [4.69, 9.17) is 4.74 Å². The summed E-state index contributed by atoms with van der Waals surface area (Å²) in [6.45, 7) is 1.81. The SMILES string of the molecule is O=C(c1nccs1)N1CCOC2(CCCCN(c3ccccc3)C2=O)C1. The van der Waals surface area contributed by atoms with Gasteiger partial charge in [0.25, 0.3) is 11.8 Å². The van der Waals surface area contributed by atoms with Crippen LogP contribution >= 0.6 is 11.3 Å². The largest absolute Gasteiger partial charge is 0.361 e. The summed E-state index contributed by atoms with van der Waals surface area (Å²) in [7, 11) is 0. The van der Waals surface area contributed by atoms with Crippen LogP contribution in [0, 0.1) is 0 Å². The zero-order valence-corrected chi connectivity index (χ0v) is 15.3.